The number of nitrogens with one attached hydrogen (secondary N) is 2. The molecule has 0 bridgehead atoms. The van der Waals surface area contributed by atoms with Crippen molar-refractivity contribution in [1.82, 2.24) is 10.6 Å². The zero-order valence-electron chi connectivity index (χ0n) is 12.1. The molecule has 0 atom stereocenters. The zero-order valence-corrected chi connectivity index (χ0v) is 12.1. The lowest BCUT2D eigenvalue weighted by atomic mass is 9.74. The molecule has 19 heavy (non-hydrogen) atoms. The Bertz CT molecular complexity index is 305. The van der Waals surface area contributed by atoms with E-state index < -0.39 is 0 Å². The van der Waals surface area contributed by atoms with Gasteiger partial charge in [0.2, 0.25) is 5.91 Å². The summed E-state index contributed by atoms with van der Waals surface area (Å²) in [6.45, 7) is 4.04. The molecule has 0 spiro atoms. The number of aliphatic hydroxyl groups is 1. The van der Waals surface area contributed by atoms with E-state index in [4.69, 9.17) is 0 Å². The highest BCUT2D eigenvalue weighted by molar-refractivity contribution is 5.83. The van der Waals surface area contributed by atoms with Gasteiger partial charge in [-0.1, -0.05) is 26.2 Å². The van der Waals surface area contributed by atoms with Crippen LogP contribution < -0.4 is 10.6 Å². The van der Waals surface area contributed by atoms with Crippen molar-refractivity contribution in [3.63, 3.8) is 0 Å². The molecular weight excluding hydrogens is 240 g/mol. The van der Waals surface area contributed by atoms with Gasteiger partial charge < -0.3 is 15.7 Å². The predicted molar refractivity (Wildman–Crippen MR) is 75.9 cm³/mol. The van der Waals surface area contributed by atoms with Crippen LogP contribution in [-0.2, 0) is 4.79 Å². The van der Waals surface area contributed by atoms with Crippen molar-refractivity contribution in [2.75, 3.05) is 19.7 Å². The van der Waals surface area contributed by atoms with Gasteiger partial charge in [-0.2, -0.15) is 0 Å². The Balaban J connectivity index is 2.05. The van der Waals surface area contributed by atoms with E-state index >= 15 is 0 Å². The van der Waals surface area contributed by atoms with E-state index in [-0.39, 0.29) is 23.5 Å². The lowest BCUT2D eigenvalue weighted by molar-refractivity contribution is -0.136. The molecule has 4 heteroatoms. The maximum atomic E-state index is 12.7. The van der Waals surface area contributed by atoms with E-state index in [1.807, 2.05) is 0 Å². The first kappa shape index (κ1) is 14.8. The number of carbonyl (C=O) groups is 1. The normalized spacial score (nSPS) is 25.8. The van der Waals surface area contributed by atoms with Crippen molar-refractivity contribution in [3.8, 4) is 0 Å². The van der Waals surface area contributed by atoms with Gasteiger partial charge >= 0.3 is 0 Å². The van der Waals surface area contributed by atoms with Crippen molar-refractivity contribution in [1.29, 1.82) is 0 Å². The molecule has 4 nitrogen and oxygen atoms in total. The van der Waals surface area contributed by atoms with Crippen LogP contribution in [0.1, 0.15) is 58.3 Å². The summed E-state index contributed by atoms with van der Waals surface area (Å²) in [6.07, 6.45) is 8.01. The fourth-order valence-electron chi connectivity index (χ4n) is 3.57. The summed E-state index contributed by atoms with van der Waals surface area (Å²) in [5, 5.41) is 16.3. The summed E-state index contributed by atoms with van der Waals surface area (Å²) in [5.41, 5.74) is -0.562. The third-order valence-corrected chi connectivity index (χ3v) is 5.21. The van der Waals surface area contributed by atoms with Crippen LogP contribution in [0, 0.1) is 5.41 Å². The summed E-state index contributed by atoms with van der Waals surface area (Å²) < 4.78 is 0. The van der Waals surface area contributed by atoms with Crippen LogP contribution >= 0.6 is 0 Å². The third kappa shape index (κ3) is 3.11. The second-order valence-corrected chi connectivity index (χ2v) is 6.34. The molecule has 2 fully saturated rings. The van der Waals surface area contributed by atoms with Gasteiger partial charge in [0, 0.05) is 0 Å². The molecule has 0 aromatic rings. The lowest BCUT2D eigenvalue weighted by Gasteiger charge is -2.42. The standard InChI is InChI=1S/C15H28N2O2/c1-2-14(8-10-16-11-9-14)13(19)17-15(12-18)6-4-3-5-7-15/h16,18H,2-12H2,1H3,(H,17,19). The summed E-state index contributed by atoms with van der Waals surface area (Å²) in [5.74, 6) is 0.174. The third-order valence-electron chi connectivity index (χ3n) is 5.21. The lowest BCUT2D eigenvalue weighted by Crippen LogP contribution is -2.58. The number of piperidine rings is 1. The molecule has 1 amide bonds. The summed E-state index contributed by atoms with van der Waals surface area (Å²) >= 11 is 0. The highest BCUT2D eigenvalue weighted by atomic mass is 16.3. The number of rotatable bonds is 4. The first-order valence-corrected chi connectivity index (χ1v) is 7.81. The summed E-state index contributed by atoms with van der Waals surface area (Å²) in [4.78, 5) is 12.7. The fourth-order valence-corrected chi connectivity index (χ4v) is 3.57. The first-order valence-electron chi connectivity index (χ1n) is 7.81. The second kappa shape index (κ2) is 6.23. The molecule has 0 unspecified atom stereocenters. The predicted octanol–water partition coefficient (Wildman–Crippen LogP) is 1.58. The zero-order chi connectivity index (χ0) is 13.8. The molecule has 0 radical (unpaired) electrons. The number of amides is 1. The molecule has 1 aliphatic heterocycles. The minimum atomic E-state index is -0.345. The molecule has 1 saturated carbocycles. The summed E-state index contributed by atoms with van der Waals surface area (Å²) in [7, 11) is 0. The van der Waals surface area contributed by atoms with Gasteiger partial charge in [0.15, 0.2) is 0 Å². The topological polar surface area (TPSA) is 61.4 Å². The van der Waals surface area contributed by atoms with Crippen molar-refractivity contribution >= 4 is 5.91 Å². The number of hydrogen-bond donors (Lipinski definition) is 3. The Kier molecular flexibility index (Phi) is 4.85. The molecule has 1 heterocycles. The molecule has 2 rings (SSSR count). The molecular formula is C15H28N2O2. The monoisotopic (exact) mass is 268 g/mol. The van der Waals surface area contributed by atoms with Gasteiger partial charge in [-0.15, -0.1) is 0 Å². The average molecular weight is 268 g/mol. The maximum Gasteiger partial charge on any atom is 0.226 e. The van der Waals surface area contributed by atoms with Crippen LogP contribution in [0.25, 0.3) is 0 Å². The van der Waals surface area contributed by atoms with E-state index in [0.29, 0.717) is 0 Å². The highest BCUT2D eigenvalue weighted by Gasteiger charge is 2.42. The van der Waals surface area contributed by atoms with Gasteiger partial charge in [-0.25, -0.2) is 0 Å². The van der Waals surface area contributed by atoms with Crippen molar-refractivity contribution in [2.45, 2.75) is 63.8 Å². The molecule has 3 N–H and O–H groups in total. The minimum Gasteiger partial charge on any atom is -0.394 e. The van der Waals surface area contributed by atoms with E-state index in [9.17, 15) is 9.90 Å². The Morgan fingerprint density at radius 2 is 1.79 bits per heavy atom. The van der Waals surface area contributed by atoms with Crippen molar-refractivity contribution in [3.05, 3.63) is 0 Å². The van der Waals surface area contributed by atoms with Crippen molar-refractivity contribution in [2.24, 2.45) is 5.41 Å². The SMILES string of the molecule is CCC1(C(=O)NC2(CO)CCCCC2)CCNCC1. The van der Waals surface area contributed by atoms with Crippen LogP contribution in [-0.4, -0.2) is 36.2 Å². The largest absolute Gasteiger partial charge is 0.394 e. The van der Waals surface area contributed by atoms with E-state index in [2.05, 4.69) is 17.6 Å². The Morgan fingerprint density at radius 1 is 1.16 bits per heavy atom. The van der Waals surface area contributed by atoms with Crippen LogP contribution in [0.3, 0.4) is 0 Å². The molecule has 1 aliphatic carbocycles. The highest BCUT2D eigenvalue weighted by Crippen LogP contribution is 2.35. The van der Waals surface area contributed by atoms with E-state index in [1.165, 1.54) is 6.42 Å². The minimum absolute atomic E-state index is 0.0801. The van der Waals surface area contributed by atoms with Gasteiger partial charge in [0.05, 0.1) is 17.6 Å². The van der Waals surface area contributed by atoms with Crippen LogP contribution in [0.5, 0.6) is 0 Å². The quantitative estimate of drug-likeness (QED) is 0.725. The maximum absolute atomic E-state index is 12.7. The van der Waals surface area contributed by atoms with Gasteiger partial charge in [-0.05, 0) is 45.2 Å². The van der Waals surface area contributed by atoms with Crippen LogP contribution in [0.15, 0.2) is 0 Å². The fraction of sp³-hybridized carbons (Fsp3) is 0.933. The van der Waals surface area contributed by atoms with Gasteiger partial charge in [0.25, 0.3) is 0 Å². The van der Waals surface area contributed by atoms with Crippen molar-refractivity contribution < 1.29 is 9.90 Å². The number of aliphatic hydroxyl groups excluding tert-OH is 1. The van der Waals surface area contributed by atoms with E-state index in [0.717, 1.165) is 58.0 Å². The second-order valence-electron chi connectivity index (χ2n) is 6.34. The number of hydrogen-bond acceptors (Lipinski definition) is 3. The Morgan fingerprint density at radius 3 is 2.32 bits per heavy atom. The molecule has 1 saturated heterocycles. The van der Waals surface area contributed by atoms with Crippen LogP contribution in [0.2, 0.25) is 0 Å². The first-order chi connectivity index (χ1) is 9.16. The molecule has 2 aliphatic rings. The molecule has 0 aromatic carbocycles. The smallest absolute Gasteiger partial charge is 0.226 e. The van der Waals surface area contributed by atoms with E-state index in [1.54, 1.807) is 0 Å². The van der Waals surface area contributed by atoms with Crippen LogP contribution in [0.4, 0.5) is 0 Å². The Hall–Kier alpha value is -0.610. The molecule has 110 valence electrons. The molecule has 0 aromatic heterocycles. The van der Waals surface area contributed by atoms with Gasteiger partial charge in [-0.3, -0.25) is 4.79 Å². The summed E-state index contributed by atoms with van der Waals surface area (Å²) in [6, 6.07) is 0. The van der Waals surface area contributed by atoms with Gasteiger partial charge in [0.1, 0.15) is 0 Å². The number of carbonyl (C=O) groups excluding carboxylic acids is 1. The Labute approximate surface area is 116 Å². The average Bonchev–Trinajstić information content (AvgIpc) is 2.48.